The first-order chi connectivity index (χ1) is 9.95. The number of rotatable bonds is 7. The van der Waals surface area contributed by atoms with Gasteiger partial charge in [0.15, 0.2) is 0 Å². The summed E-state index contributed by atoms with van der Waals surface area (Å²) in [5, 5.41) is 16.9. The van der Waals surface area contributed by atoms with Crippen LogP contribution in [0.15, 0.2) is 0 Å². The molecule has 21 heavy (non-hydrogen) atoms. The molecule has 5 nitrogen and oxygen atoms in total. The van der Waals surface area contributed by atoms with E-state index in [1.165, 1.54) is 0 Å². The molecule has 0 atom stereocenters. The molecule has 3 N–H and O–H groups in total. The summed E-state index contributed by atoms with van der Waals surface area (Å²) in [5.41, 5.74) is 0.475. The largest absolute Gasteiger partial charge is 0.388 e. The average Bonchev–Trinajstić information content (AvgIpc) is 2.42. The molecule has 0 bridgehead atoms. The zero-order valence-electron chi connectivity index (χ0n) is 13.7. The molecule has 1 aromatic rings. The van der Waals surface area contributed by atoms with Crippen molar-refractivity contribution in [3.63, 3.8) is 0 Å². The summed E-state index contributed by atoms with van der Waals surface area (Å²) in [4.78, 5) is 9.25. The number of nitrogens with one attached hydrogen (secondary N) is 2. The lowest BCUT2D eigenvalue weighted by Crippen LogP contribution is -2.43. The smallest absolute Gasteiger partial charge is 0.135 e. The fourth-order valence-corrected chi connectivity index (χ4v) is 2.39. The Labute approximate surface area is 127 Å². The average molecular weight is 292 g/mol. The van der Waals surface area contributed by atoms with E-state index < -0.39 is 5.60 Å². The van der Waals surface area contributed by atoms with Gasteiger partial charge in [0.25, 0.3) is 0 Å². The minimum atomic E-state index is -0.549. The fourth-order valence-electron chi connectivity index (χ4n) is 2.39. The van der Waals surface area contributed by atoms with Gasteiger partial charge in [-0.15, -0.1) is 0 Å². The van der Waals surface area contributed by atoms with Crippen LogP contribution < -0.4 is 10.6 Å². The van der Waals surface area contributed by atoms with Gasteiger partial charge in [-0.1, -0.05) is 20.8 Å². The fraction of sp³-hybridized carbons (Fsp3) is 0.750. The third-order valence-corrected chi connectivity index (χ3v) is 4.09. The van der Waals surface area contributed by atoms with Gasteiger partial charge < -0.3 is 15.7 Å². The van der Waals surface area contributed by atoms with Crippen LogP contribution in [0, 0.1) is 6.92 Å². The van der Waals surface area contributed by atoms with Crippen LogP contribution >= 0.6 is 0 Å². The predicted octanol–water partition coefficient (Wildman–Crippen LogP) is 3.06. The number of aliphatic hydroxyl groups is 1. The number of anilines is 2. The van der Waals surface area contributed by atoms with Crippen LogP contribution in [-0.2, 0) is 0 Å². The molecule has 0 aliphatic heterocycles. The van der Waals surface area contributed by atoms with Crippen LogP contribution in [0.1, 0.15) is 63.8 Å². The van der Waals surface area contributed by atoms with Crippen LogP contribution in [-0.4, -0.2) is 33.8 Å². The molecule has 0 spiro atoms. The SMILES string of the molecule is CCCNc1nc(C(C)C)nc(NCC2(O)CCC2)c1C. The first-order valence-corrected chi connectivity index (χ1v) is 8.04. The minimum Gasteiger partial charge on any atom is -0.388 e. The second-order valence-corrected chi connectivity index (χ2v) is 6.42. The highest BCUT2D eigenvalue weighted by Gasteiger charge is 2.34. The van der Waals surface area contributed by atoms with Gasteiger partial charge in [-0.3, -0.25) is 0 Å². The van der Waals surface area contributed by atoms with E-state index in [-0.39, 0.29) is 5.92 Å². The standard InChI is InChI=1S/C16H28N4O/c1-5-9-17-14-12(4)15(20-13(19-14)11(2)3)18-10-16(21)7-6-8-16/h11,21H,5-10H2,1-4H3,(H2,17,18,19,20). The third kappa shape index (κ3) is 3.84. The van der Waals surface area contributed by atoms with Crippen molar-refractivity contribution in [2.24, 2.45) is 0 Å². The van der Waals surface area contributed by atoms with Crippen LogP contribution in [0.2, 0.25) is 0 Å². The Morgan fingerprint density at radius 3 is 2.29 bits per heavy atom. The third-order valence-electron chi connectivity index (χ3n) is 4.09. The lowest BCUT2D eigenvalue weighted by atomic mass is 9.80. The highest BCUT2D eigenvalue weighted by atomic mass is 16.3. The Kier molecular flexibility index (Phi) is 5.04. The maximum Gasteiger partial charge on any atom is 0.135 e. The maximum absolute atomic E-state index is 10.2. The molecule has 1 aromatic heterocycles. The van der Waals surface area contributed by atoms with Crippen molar-refractivity contribution in [1.82, 2.24) is 9.97 Å². The van der Waals surface area contributed by atoms with Crippen molar-refractivity contribution in [3.8, 4) is 0 Å². The van der Waals surface area contributed by atoms with E-state index in [1.807, 2.05) is 6.92 Å². The summed E-state index contributed by atoms with van der Waals surface area (Å²) in [6.07, 6.45) is 3.93. The second kappa shape index (κ2) is 6.60. The van der Waals surface area contributed by atoms with Crippen LogP contribution in [0.4, 0.5) is 11.6 Å². The molecule has 1 heterocycles. The highest BCUT2D eigenvalue weighted by molar-refractivity contribution is 5.57. The first kappa shape index (κ1) is 16.0. The summed E-state index contributed by atoms with van der Waals surface area (Å²) >= 11 is 0. The van der Waals surface area contributed by atoms with Crippen molar-refractivity contribution in [3.05, 3.63) is 11.4 Å². The molecule has 1 aliphatic rings. The molecule has 0 aromatic carbocycles. The van der Waals surface area contributed by atoms with Gasteiger partial charge in [0.1, 0.15) is 17.5 Å². The van der Waals surface area contributed by atoms with Gasteiger partial charge in [-0.05, 0) is 32.6 Å². The monoisotopic (exact) mass is 292 g/mol. The summed E-state index contributed by atoms with van der Waals surface area (Å²) in [5.74, 6) is 2.86. The quantitative estimate of drug-likeness (QED) is 0.720. The Balaban J connectivity index is 2.18. The molecule has 1 fully saturated rings. The number of nitrogens with zero attached hydrogens (tertiary/aromatic N) is 2. The maximum atomic E-state index is 10.2. The Hall–Kier alpha value is -1.36. The molecule has 5 heteroatoms. The molecule has 0 saturated heterocycles. The van der Waals surface area contributed by atoms with E-state index >= 15 is 0 Å². The molecule has 0 amide bonds. The van der Waals surface area contributed by atoms with Crippen molar-refractivity contribution >= 4 is 11.6 Å². The lowest BCUT2D eigenvalue weighted by molar-refractivity contribution is -0.0202. The molecule has 0 unspecified atom stereocenters. The summed E-state index contributed by atoms with van der Waals surface area (Å²) in [7, 11) is 0. The van der Waals surface area contributed by atoms with Crippen molar-refractivity contribution in [2.45, 2.75) is 64.9 Å². The van der Waals surface area contributed by atoms with E-state index in [1.54, 1.807) is 0 Å². The summed E-state index contributed by atoms with van der Waals surface area (Å²) in [6.45, 7) is 9.82. The zero-order valence-corrected chi connectivity index (χ0v) is 13.7. The van der Waals surface area contributed by atoms with E-state index in [0.717, 1.165) is 55.3 Å². The molecule has 2 rings (SSSR count). The summed E-state index contributed by atoms with van der Waals surface area (Å²) in [6, 6.07) is 0. The van der Waals surface area contributed by atoms with Crippen LogP contribution in [0.25, 0.3) is 0 Å². The van der Waals surface area contributed by atoms with Crippen LogP contribution in [0.5, 0.6) is 0 Å². The van der Waals surface area contributed by atoms with E-state index in [4.69, 9.17) is 0 Å². The Morgan fingerprint density at radius 1 is 1.19 bits per heavy atom. The number of hydrogen-bond donors (Lipinski definition) is 3. The van der Waals surface area contributed by atoms with Gasteiger partial charge >= 0.3 is 0 Å². The first-order valence-electron chi connectivity index (χ1n) is 8.04. The molecular formula is C16H28N4O. The van der Waals surface area contributed by atoms with Crippen molar-refractivity contribution in [1.29, 1.82) is 0 Å². The second-order valence-electron chi connectivity index (χ2n) is 6.42. The minimum absolute atomic E-state index is 0.278. The van der Waals surface area contributed by atoms with E-state index in [0.29, 0.717) is 6.54 Å². The van der Waals surface area contributed by atoms with Gasteiger partial charge in [-0.2, -0.15) is 0 Å². The molecule has 1 aliphatic carbocycles. The number of hydrogen-bond acceptors (Lipinski definition) is 5. The van der Waals surface area contributed by atoms with Gasteiger partial charge in [0.2, 0.25) is 0 Å². The topological polar surface area (TPSA) is 70.1 Å². The highest BCUT2D eigenvalue weighted by Crippen LogP contribution is 2.32. The molecule has 118 valence electrons. The Morgan fingerprint density at radius 2 is 1.81 bits per heavy atom. The van der Waals surface area contributed by atoms with Gasteiger partial charge in [-0.25, -0.2) is 9.97 Å². The van der Waals surface area contributed by atoms with Crippen molar-refractivity contribution < 1.29 is 5.11 Å². The van der Waals surface area contributed by atoms with Gasteiger partial charge in [0, 0.05) is 24.6 Å². The zero-order chi connectivity index (χ0) is 15.5. The molecule has 0 radical (unpaired) electrons. The molecular weight excluding hydrogens is 264 g/mol. The molecule has 1 saturated carbocycles. The normalized spacial score (nSPS) is 16.7. The lowest BCUT2D eigenvalue weighted by Gasteiger charge is -2.36. The van der Waals surface area contributed by atoms with Gasteiger partial charge in [0.05, 0.1) is 5.60 Å². The Bertz CT molecular complexity index is 483. The van der Waals surface area contributed by atoms with E-state index in [9.17, 15) is 5.11 Å². The van der Waals surface area contributed by atoms with Crippen LogP contribution in [0.3, 0.4) is 0 Å². The summed E-state index contributed by atoms with van der Waals surface area (Å²) < 4.78 is 0. The predicted molar refractivity (Wildman–Crippen MR) is 86.9 cm³/mol. The van der Waals surface area contributed by atoms with E-state index in [2.05, 4.69) is 41.4 Å². The number of aromatic nitrogens is 2. The van der Waals surface area contributed by atoms with Crippen molar-refractivity contribution in [2.75, 3.05) is 23.7 Å².